The summed E-state index contributed by atoms with van der Waals surface area (Å²) in [4.78, 5) is 4.16. The van der Waals surface area contributed by atoms with Crippen LogP contribution in [0.3, 0.4) is 0 Å². The van der Waals surface area contributed by atoms with E-state index in [0.29, 0.717) is 11.3 Å². The van der Waals surface area contributed by atoms with Crippen molar-refractivity contribution in [1.82, 2.24) is 4.98 Å². The maximum Gasteiger partial charge on any atom is 0.148 e. The van der Waals surface area contributed by atoms with Gasteiger partial charge in [-0.2, -0.15) is 0 Å². The molecule has 1 aromatic heterocycles. The molecule has 0 aliphatic heterocycles. The van der Waals surface area contributed by atoms with Gasteiger partial charge in [-0.05, 0) is 12.1 Å². The fourth-order valence-corrected chi connectivity index (χ4v) is 1.80. The number of pyridine rings is 1. The largest absolute Gasteiger partial charge is 0.395 e. The van der Waals surface area contributed by atoms with Gasteiger partial charge in [0.1, 0.15) is 5.82 Å². The van der Waals surface area contributed by atoms with Crippen molar-refractivity contribution < 1.29 is 0 Å². The van der Waals surface area contributed by atoms with Gasteiger partial charge in [0, 0.05) is 21.6 Å². The second kappa shape index (κ2) is 3.51. The third-order valence-electron chi connectivity index (χ3n) is 2.20. The Kier molecular flexibility index (Phi) is 2.32. The molecule has 5 heteroatoms. The maximum atomic E-state index is 7.32. The summed E-state index contributed by atoms with van der Waals surface area (Å²) in [5.74, 6) is 0.263. The summed E-state index contributed by atoms with van der Waals surface area (Å²) in [7, 11) is 0. The molecule has 0 radical (unpaired) electrons. The summed E-state index contributed by atoms with van der Waals surface area (Å²) < 4.78 is 0.919. The van der Waals surface area contributed by atoms with E-state index in [4.69, 9.17) is 16.9 Å². The molecule has 0 fully saturated rings. The highest BCUT2D eigenvalue weighted by Crippen LogP contribution is 2.27. The van der Waals surface area contributed by atoms with Gasteiger partial charge in [-0.3, -0.25) is 0 Å². The molecule has 0 unspecified atom stereocenters. The van der Waals surface area contributed by atoms with Gasteiger partial charge in [-0.15, -0.1) is 0 Å². The van der Waals surface area contributed by atoms with Crippen molar-refractivity contribution in [2.75, 3.05) is 11.5 Å². The molecule has 0 amide bonds. The van der Waals surface area contributed by atoms with Crippen LogP contribution in [0.1, 0.15) is 5.56 Å². The van der Waals surface area contributed by atoms with Crippen LogP contribution in [0, 0.1) is 5.41 Å². The normalized spacial score (nSPS) is 10.5. The Bertz CT molecular complexity index is 551. The van der Waals surface area contributed by atoms with Crippen molar-refractivity contribution in [3.05, 3.63) is 28.2 Å². The summed E-state index contributed by atoms with van der Waals surface area (Å²) in [6, 6.07) is 5.59. The van der Waals surface area contributed by atoms with E-state index in [1.54, 1.807) is 0 Å². The van der Waals surface area contributed by atoms with Gasteiger partial charge < -0.3 is 16.9 Å². The molecule has 0 atom stereocenters. The molecule has 0 bridgehead atoms. The molecule has 2 rings (SSSR count). The van der Waals surface area contributed by atoms with E-state index >= 15 is 0 Å². The molecular weight excluding hydrogens is 256 g/mol. The smallest absolute Gasteiger partial charge is 0.148 e. The minimum Gasteiger partial charge on any atom is -0.395 e. The van der Waals surface area contributed by atoms with Gasteiger partial charge in [0.25, 0.3) is 0 Å². The van der Waals surface area contributed by atoms with Crippen molar-refractivity contribution in [1.29, 1.82) is 5.41 Å². The Morgan fingerprint density at radius 1 is 1.33 bits per heavy atom. The summed E-state index contributed by atoms with van der Waals surface area (Å²) in [6.45, 7) is 0. The first-order valence-electron chi connectivity index (χ1n) is 4.28. The number of halogens is 1. The summed E-state index contributed by atoms with van der Waals surface area (Å²) in [5, 5.41) is 8.15. The van der Waals surface area contributed by atoms with Crippen LogP contribution in [0.4, 0.5) is 11.5 Å². The molecule has 1 heterocycles. The van der Waals surface area contributed by atoms with E-state index in [1.165, 1.54) is 6.21 Å². The molecule has 0 spiro atoms. The Morgan fingerprint density at radius 3 is 2.73 bits per heavy atom. The first-order valence-corrected chi connectivity index (χ1v) is 5.07. The second-order valence-corrected chi connectivity index (χ2v) is 4.05. The van der Waals surface area contributed by atoms with Crippen LogP contribution in [-0.2, 0) is 0 Å². The maximum absolute atomic E-state index is 7.32. The molecule has 0 aliphatic rings. The molecule has 0 saturated carbocycles. The van der Waals surface area contributed by atoms with Crippen LogP contribution in [-0.4, -0.2) is 11.2 Å². The number of nitrogens with one attached hydrogen (secondary N) is 1. The summed E-state index contributed by atoms with van der Waals surface area (Å²) in [6.07, 6.45) is 1.20. The average molecular weight is 265 g/mol. The van der Waals surface area contributed by atoms with Crippen molar-refractivity contribution in [3.8, 4) is 0 Å². The van der Waals surface area contributed by atoms with Gasteiger partial charge in [-0.1, -0.05) is 22.0 Å². The van der Waals surface area contributed by atoms with Gasteiger partial charge in [-0.25, -0.2) is 4.98 Å². The van der Waals surface area contributed by atoms with Gasteiger partial charge in [0.05, 0.1) is 11.2 Å². The minimum absolute atomic E-state index is 0.263. The van der Waals surface area contributed by atoms with Crippen LogP contribution in [0.5, 0.6) is 0 Å². The third kappa shape index (κ3) is 1.55. The quantitative estimate of drug-likeness (QED) is 0.690. The number of nitrogens with zero attached hydrogens (tertiary/aromatic N) is 1. The number of aromatic nitrogens is 1. The molecule has 0 saturated heterocycles. The molecular formula is C10H9BrN4. The van der Waals surface area contributed by atoms with Crippen molar-refractivity contribution in [2.24, 2.45) is 0 Å². The highest BCUT2D eigenvalue weighted by atomic mass is 79.9. The zero-order valence-corrected chi connectivity index (χ0v) is 9.38. The molecule has 76 valence electrons. The molecule has 0 aliphatic carbocycles. The van der Waals surface area contributed by atoms with E-state index in [2.05, 4.69) is 20.9 Å². The van der Waals surface area contributed by atoms with Crippen LogP contribution in [0.25, 0.3) is 10.9 Å². The first kappa shape index (κ1) is 9.92. The fourth-order valence-electron chi connectivity index (χ4n) is 1.45. The lowest BCUT2D eigenvalue weighted by molar-refractivity contribution is 1.40. The van der Waals surface area contributed by atoms with E-state index < -0.39 is 0 Å². The Morgan fingerprint density at radius 2 is 2.07 bits per heavy atom. The average Bonchev–Trinajstić information content (AvgIpc) is 2.20. The number of benzene rings is 1. The second-order valence-electron chi connectivity index (χ2n) is 3.13. The minimum atomic E-state index is 0.263. The zero-order valence-electron chi connectivity index (χ0n) is 7.79. The van der Waals surface area contributed by atoms with Crippen LogP contribution < -0.4 is 11.5 Å². The SMILES string of the molecule is N=Cc1c(N)c(N)nc2cc(Br)ccc12. The third-order valence-corrected chi connectivity index (χ3v) is 2.69. The van der Waals surface area contributed by atoms with E-state index in [1.807, 2.05) is 18.2 Å². The number of rotatable bonds is 1. The van der Waals surface area contributed by atoms with Crippen molar-refractivity contribution in [2.45, 2.75) is 0 Å². The Hall–Kier alpha value is -1.62. The molecule has 4 nitrogen and oxygen atoms in total. The number of nitrogen functional groups attached to an aromatic ring is 2. The number of hydrogen-bond acceptors (Lipinski definition) is 4. The Balaban J connectivity index is 2.94. The number of fused-ring (bicyclic) bond motifs is 1. The van der Waals surface area contributed by atoms with Crippen LogP contribution in [0.2, 0.25) is 0 Å². The number of anilines is 2. The lowest BCUT2D eigenvalue weighted by Crippen LogP contribution is -2.03. The monoisotopic (exact) mass is 264 g/mol. The van der Waals surface area contributed by atoms with Crippen molar-refractivity contribution >= 4 is 44.6 Å². The zero-order chi connectivity index (χ0) is 11.0. The fraction of sp³-hybridized carbons (Fsp3) is 0. The molecule has 5 N–H and O–H groups in total. The van der Waals surface area contributed by atoms with E-state index in [-0.39, 0.29) is 5.82 Å². The van der Waals surface area contributed by atoms with Gasteiger partial charge >= 0.3 is 0 Å². The van der Waals surface area contributed by atoms with Gasteiger partial charge in [0.15, 0.2) is 0 Å². The topological polar surface area (TPSA) is 88.8 Å². The number of hydrogen-bond donors (Lipinski definition) is 3. The standard InChI is InChI=1S/C10H9BrN4/c11-5-1-2-6-7(4-12)9(13)10(14)15-8(6)3-5/h1-4,12H,13H2,(H2,14,15). The summed E-state index contributed by atoms with van der Waals surface area (Å²) >= 11 is 3.35. The summed E-state index contributed by atoms with van der Waals surface area (Å²) in [5.41, 5.74) is 13.1. The van der Waals surface area contributed by atoms with E-state index in [0.717, 1.165) is 15.4 Å². The predicted octanol–water partition coefficient (Wildman–Crippen LogP) is 2.16. The molecule has 15 heavy (non-hydrogen) atoms. The van der Waals surface area contributed by atoms with Gasteiger partial charge in [0.2, 0.25) is 0 Å². The van der Waals surface area contributed by atoms with Crippen molar-refractivity contribution in [3.63, 3.8) is 0 Å². The lowest BCUT2D eigenvalue weighted by Gasteiger charge is -2.07. The molecule has 1 aromatic carbocycles. The van der Waals surface area contributed by atoms with Crippen LogP contribution in [0.15, 0.2) is 22.7 Å². The Labute approximate surface area is 94.9 Å². The number of nitrogens with two attached hydrogens (primary N) is 2. The molecule has 2 aromatic rings. The van der Waals surface area contributed by atoms with Crippen LogP contribution >= 0.6 is 15.9 Å². The first-order chi connectivity index (χ1) is 7.13. The highest BCUT2D eigenvalue weighted by molar-refractivity contribution is 9.10. The van der Waals surface area contributed by atoms with E-state index in [9.17, 15) is 0 Å². The highest BCUT2D eigenvalue weighted by Gasteiger charge is 2.08. The predicted molar refractivity (Wildman–Crippen MR) is 66.2 cm³/mol. The lowest BCUT2D eigenvalue weighted by atomic mass is 10.1.